The molecule has 1 aliphatic rings. The quantitative estimate of drug-likeness (QED) is 0.747. The Morgan fingerprint density at radius 2 is 1.58 bits per heavy atom. The van der Waals surface area contributed by atoms with Gasteiger partial charge in [0, 0.05) is 0 Å². The van der Waals surface area contributed by atoms with Gasteiger partial charge in [-0.25, -0.2) is 0 Å². The van der Waals surface area contributed by atoms with Gasteiger partial charge in [-0.15, -0.1) is 0 Å². The van der Waals surface area contributed by atoms with Crippen LogP contribution in [0.15, 0.2) is 18.2 Å². The third kappa shape index (κ3) is 5.09. The van der Waals surface area contributed by atoms with E-state index < -0.39 is 42.0 Å². The van der Waals surface area contributed by atoms with E-state index in [2.05, 4.69) is 0 Å². The fraction of sp³-hybridized carbons (Fsp3) is 0.600. The van der Waals surface area contributed by atoms with Gasteiger partial charge in [-0.05, 0) is 37.6 Å². The van der Waals surface area contributed by atoms with Crippen molar-refractivity contribution < 1.29 is 40.6 Å². The van der Waals surface area contributed by atoms with Gasteiger partial charge in [0.05, 0.1) is 30.9 Å². The first kappa shape index (κ1) is 19.0. The van der Waals surface area contributed by atoms with Gasteiger partial charge in [0.2, 0.25) is 0 Å². The third-order valence-corrected chi connectivity index (χ3v) is 3.29. The molecule has 0 N–H and O–H groups in total. The van der Waals surface area contributed by atoms with Crippen molar-refractivity contribution in [3.63, 3.8) is 0 Å². The van der Waals surface area contributed by atoms with Crippen LogP contribution in [0.2, 0.25) is 0 Å². The Morgan fingerprint density at radius 1 is 1.04 bits per heavy atom. The van der Waals surface area contributed by atoms with Gasteiger partial charge in [0.25, 0.3) is 0 Å². The highest BCUT2D eigenvalue weighted by Crippen LogP contribution is 2.36. The van der Waals surface area contributed by atoms with Crippen molar-refractivity contribution in [2.75, 3.05) is 13.2 Å². The van der Waals surface area contributed by atoms with Crippen molar-refractivity contribution in [1.29, 1.82) is 0 Å². The number of halogens is 6. The molecule has 0 spiro atoms. The SMILES string of the molecule is CC1(C)OCC(COCc2cc(C(F)(F)F)cc(C(F)(F)F)c2)O1. The summed E-state index contributed by atoms with van der Waals surface area (Å²) in [7, 11) is 0. The van der Waals surface area contributed by atoms with E-state index in [1.165, 1.54) is 0 Å². The Balaban J connectivity index is 2.06. The number of hydrogen-bond acceptors (Lipinski definition) is 3. The van der Waals surface area contributed by atoms with Crippen molar-refractivity contribution in [2.24, 2.45) is 0 Å². The zero-order chi connectivity index (χ0) is 18.2. The summed E-state index contributed by atoms with van der Waals surface area (Å²) in [6, 6.07) is 1.37. The van der Waals surface area contributed by atoms with Gasteiger partial charge >= 0.3 is 12.4 Å². The van der Waals surface area contributed by atoms with Gasteiger partial charge in [0.15, 0.2) is 5.79 Å². The lowest BCUT2D eigenvalue weighted by atomic mass is 10.1. The summed E-state index contributed by atoms with van der Waals surface area (Å²) in [6.45, 7) is 3.22. The van der Waals surface area contributed by atoms with E-state index >= 15 is 0 Å². The molecular formula is C15H16F6O3. The molecule has 0 radical (unpaired) electrons. The fourth-order valence-electron chi connectivity index (χ4n) is 2.26. The minimum absolute atomic E-state index is 0.00102. The molecular weight excluding hydrogens is 342 g/mol. The summed E-state index contributed by atoms with van der Waals surface area (Å²) in [5.41, 5.74) is -2.94. The zero-order valence-corrected chi connectivity index (χ0v) is 12.9. The molecule has 1 aromatic carbocycles. The summed E-state index contributed by atoms with van der Waals surface area (Å²) in [5, 5.41) is 0. The first-order valence-electron chi connectivity index (χ1n) is 7.05. The maximum absolute atomic E-state index is 12.7. The highest BCUT2D eigenvalue weighted by molar-refractivity contribution is 5.33. The van der Waals surface area contributed by atoms with E-state index in [9.17, 15) is 26.3 Å². The third-order valence-electron chi connectivity index (χ3n) is 3.29. The van der Waals surface area contributed by atoms with Crippen molar-refractivity contribution in [3.8, 4) is 0 Å². The van der Waals surface area contributed by atoms with Crippen molar-refractivity contribution >= 4 is 0 Å². The molecule has 1 atom stereocenters. The van der Waals surface area contributed by atoms with Gasteiger partial charge < -0.3 is 14.2 Å². The maximum atomic E-state index is 12.7. The number of ether oxygens (including phenoxy) is 3. The molecule has 9 heteroatoms. The van der Waals surface area contributed by atoms with Crippen molar-refractivity contribution in [1.82, 2.24) is 0 Å². The number of rotatable bonds is 4. The maximum Gasteiger partial charge on any atom is 0.416 e. The molecule has 3 nitrogen and oxygen atoms in total. The van der Waals surface area contributed by atoms with Crippen LogP contribution in [0.5, 0.6) is 0 Å². The molecule has 0 bridgehead atoms. The number of alkyl halides is 6. The summed E-state index contributed by atoms with van der Waals surface area (Å²) in [5.74, 6) is -0.784. The molecule has 1 saturated heterocycles. The first-order valence-corrected chi connectivity index (χ1v) is 7.05. The van der Waals surface area contributed by atoms with Crippen molar-refractivity contribution in [2.45, 2.75) is 44.7 Å². The molecule has 136 valence electrons. The highest BCUT2D eigenvalue weighted by atomic mass is 19.4. The van der Waals surface area contributed by atoms with E-state index in [4.69, 9.17) is 14.2 Å². The lowest BCUT2D eigenvalue weighted by molar-refractivity contribution is -0.146. The van der Waals surface area contributed by atoms with Gasteiger partial charge in [-0.1, -0.05) is 0 Å². The van der Waals surface area contributed by atoms with Crippen LogP contribution >= 0.6 is 0 Å². The second-order valence-corrected chi connectivity index (χ2v) is 5.88. The van der Waals surface area contributed by atoms with Gasteiger partial charge in [-0.2, -0.15) is 26.3 Å². The lowest BCUT2D eigenvalue weighted by Crippen LogP contribution is -2.24. The van der Waals surface area contributed by atoms with Crippen LogP contribution in [0, 0.1) is 0 Å². The smallest absolute Gasteiger partial charge is 0.374 e. The van der Waals surface area contributed by atoms with E-state index in [-0.39, 0.29) is 24.8 Å². The predicted molar refractivity (Wildman–Crippen MR) is 71.0 cm³/mol. The van der Waals surface area contributed by atoms with E-state index in [0.29, 0.717) is 12.1 Å². The Morgan fingerprint density at radius 3 is 2.00 bits per heavy atom. The van der Waals surface area contributed by atoms with E-state index in [1.54, 1.807) is 13.8 Å². The number of hydrogen-bond donors (Lipinski definition) is 0. The molecule has 1 fully saturated rings. The zero-order valence-electron chi connectivity index (χ0n) is 12.9. The van der Waals surface area contributed by atoms with Crippen LogP contribution in [0.4, 0.5) is 26.3 Å². The van der Waals surface area contributed by atoms with Gasteiger partial charge in [-0.3, -0.25) is 0 Å². The molecule has 2 rings (SSSR count). The molecule has 1 heterocycles. The van der Waals surface area contributed by atoms with Crippen LogP contribution in [0.1, 0.15) is 30.5 Å². The van der Waals surface area contributed by atoms with Crippen LogP contribution < -0.4 is 0 Å². The average molecular weight is 358 g/mol. The molecule has 1 aliphatic heterocycles. The largest absolute Gasteiger partial charge is 0.416 e. The molecule has 1 unspecified atom stereocenters. The van der Waals surface area contributed by atoms with Crippen LogP contribution in [0.3, 0.4) is 0 Å². The van der Waals surface area contributed by atoms with Gasteiger partial charge in [0.1, 0.15) is 6.10 Å². The first-order chi connectivity index (χ1) is 10.9. The normalized spacial score (nSPS) is 21.2. The molecule has 0 aromatic heterocycles. The molecule has 0 amide bonds. The Kier molecular flexibility index (Phi) is 5.17. The van der Waals surface area contributed by atoms with Crippen molar-refractivity contribution in [3.05, 3.63) is 34.9 Å². The summed E-state index contributed by atoms with van der Waals surface area (Å²) >= 11 is 0. The Labute approximate surface area is 134 Å². The summed E-state index contributed by atoms with van der Waals surface area (Å²) in [4.78, 5) is 0. The second kappa shape index (κ2) is 6.53. The predicted octanol–water partition coefficient (Wildman–Crippen LogP) is 4.39. The monoisotopic (exact) mass is 358 g/mol. The molecule has 0 saturated carbocycles. The molecule has 0 aliphatic carbocycles. The second-order valence-electron chi connectivity index (χ2n) is 5.88. The summed E-state index contributed by atoms with van der Waals surface area (Å²) < 4.78 is 92.4. The minimum Gasteiger partial charge on any atom is -0.374 e. The lowest BCUT2D eigenvalue weighted by Gasteiger charge is -2.17. The van der Waals surface area contributed by atoms with Crippen LogP contribution in [0.25, 0.3) is 0 Å². The summed E-state index contributed by atoms with van der Waals surface area (Å²) in [6.07, 6.45) is -10.2. The number of benzene rings is 1. The average Bonchev–Trinajstić information content (AvgIpc) is 2.76. The molecule has 24 heavy (non-hydrogen) atoms. The Bertz CT molecular complexity index is 547. The molecule has 1 aromatic rings. The van der Waals surface area contributed by atoms with E-state index in [1.807, 2.05) is 0 Å². The van der Waals surface area contributed by atoms with Crippen LogP contribution in [-0.2, 0) is 33.2 Å². The Hall–Kier alpha value is -1.32. The van der Waals surface area contributed by atoms with Crippen LogP contribution in [-0.4, -0.2) is 25.1 Å². The fourth-order valence-corrected chi connectivity index (χ4v) is 2.26. The minimum atomic E-state index is -4.87. The highest BCUT2D eigenvalue weighted by Gasteiger charge is 2.37. The van der Waals surface area contributed by atoms with E-state index in [0.717, 1.165) is 0 Å². The standard InChI is InChI=1S/C15H16F6O3/c1-13(2)23-8-12(24-13)7-22-6-9-3-10(14(16,17)18)5-11(4-9)15(19,20)21/h3-5,12H,6-8H2,1-2H3. The topological polar surface area (TPSA) is 27.7 Å².